The van der Waals surface area contributed by atoms with Crippen LogP contribution in [0.15, 0.2) is 24.3 Å². The van der Waals surface area contributed by atoms with Crippen LogP contribution in [0.1, 0.15) is 31.2 Å². The highest BCUT2D eigenvalue weighted by Crippen LogP contribution is 2.18. The minimum atomic E-state index is -1.82. The number of aliphatic carboxylic acids is 2. The number of ether oxygens (including phenoxy) is 1. The molecule has 0 saturated heterocycles. The lowest BCUT2D eigenvalue weighted by Gasteiger charge is -2.12. The molecule has 21 heavy (non-hydrogen) atoms. The Morgan fingerprint density at radius 3 is 2.38 bits per heavy atom. The number of hydrogen-bond acceptors (Lipinski definition) is 4. The molecular weight excluding hydrogens is 274 g/mol. The highest BCUT2D eigenvalue weighted by Gasteiger charge is 2.13. The van der Waals surface area contributed by atoms with E-state index < -0.39 is 11.9 Å². The molecule has 116 valence electrons. The molecule has 0 heterocycles. The number of benzene rings is 1. The Morgan fingerprint density at radius 2 is 1.86 bits per heavy atom. The Morgan fingerprint density at radius 1 is 1.24 bits per heavy atom. The molecule has 1 aliphatic carbocycles. The smallest absolute Gasteiger partial charge is 0.414 e. The van der Waals surface area contributed by atoms with Crippen molar-refractivity contribution in [3.05, 3.63) is 29.8 Å². The molecule has 1 aromatic carbocycles. The second kappa shape index (κ2) is 8.97. The van der Waals surface area contributed by atoms with Crippen molar-refractivity contribution >= 4 is 11.9 Å². The quantitative estimate of drug-likeness (QED) is 0.734. The molecule has 1 fully saturated rings. The van der Waals surface area contributed by atoms with E-state index in [1.807, 2.05) is 12.1 Å². The molecule has 1 aromatic rings. The maximum absolute atomic E-state index is 9.10. The normalized spacial score (nSPS) is 14.1. The van der Waals surface area contributed by atoms with Gasteiger partial charge in [0.25, 0.3) is 0 Å². The third-order valence-corrected chi connectivity index (χ3v) is 3.27. The van der Waals surface area contributed by atoms with Gasteiger partial charge in [-0.05, 0) is 30.5 Å². The second-order valence-electron chi connectivity index (χ2n) is 4.82. The topological polar surface area (TPSA) is 95.9 Å². The maximum atomic E-state index is 9.10. The van der Waals surface area contributed by atoms with Crippen LogP contribution in [0.3, 0.4) is 0 Å². The molecular formula is C15H21NO5. The second-order valence-corrected chi connectivity index (χ2v) is 4.82. The average molecular weight is 295 g/mol. The molecule has 3 N–H and O–H groups in total. The van der Waals surface area contributed by atoms with Crippen LogP contribution in [0.5, 0.6) is 5.75 Å². The fourth-order valence-electron chi connectivity index (χ4n) is 2.17. The summed E-state index contributed by atoms with van der Waals surface area (Å²) in [7, 11) is 1.71. The summed E-state index contributed by atoms with van der Waals surface area (Å²) in [5.74, 6) is -2.70. The predicted octanol–water partition coefficient (Wildman–Crippen LogP) is 1.88. The Balaban J connectivity index is 0.000000315. The van der Waals surface area contributed by atoms with Gasteiger partial charge in [0.05, 0.1) is 7.11 Å². The van der Waals surface area contributed by atoms with Gasteiger partial charge in [-0.3, -0.25) is 0 Å². The van der Waals surface area contributed by atoms with Crippen molar-refractivity contribution in [1.82, 2.24) is 5.32 Å². The van der Waals surface area contributed by atoms with Crippen LogP contribution in [0.4, 0.5) is 0 Å². The minimum Gasteiger partial charge on any atom is -0.497 e. The zero-order valence-corrected chi connectivity index (χ0v) is 12.0. The van der Waals surface area contributed by atoms with Crippen LogP contribution in [-0.2, 0) is 16.1 Å². The van der Waals surface area contributed by atoms with E-state index in [-0.39, 0.29) is 0 Å². The summed E-state index contributed by atoms with van der Waals surface area (Å²) in [4.78, 5) is 18.2. The van der Waals surface area contributed by atoms with Gasteiger partial charge >= 0.3 is 11.9 Å². The molecule has 6 heteroatoms. The van der Waals surface area contributed by atoms with Crippen molar-refractivity contribution in [2.75, 3.05) is 7.11 Å². The number of nitrogens with one attached hydrogen (secondary N) is 1. The van der Waals surface area contributed by atoms with Gasteiger partial charge in [0.2, 0.25) is 0 Å². The first kappa shape index (κ1) is 17.0. The highest BCUT2D eigenvalue weighted by molar-refractivity contribution is 6.27. The minimum absolute atomic E-state index is 0.733. The molecule has 0 aliphatic heterocycles. The molecule has 0 radical (unpaired) electrons. The van der Waals surface area contributed by atoms with Gasteiger partial charge < -0.3 is 20.3 Å². The Bertz CT molecular complexity index is 457. The molecule has 0 amide bonds. The first-order chi connectivity index (χ1) is 10.0. The van der Waals surface area contributed by atoms with Crippen molar-refractivity contribution in [3.8, 4) is 5.75 Å². The van der Waals surface area contributed by atoms with Gasteiger partial charge in [0.15, 0.2) is 0 Å². The standard InChI is InChI=1S/C13H19NO.C2H2O4/c1-15-13-8-4-5-11(9-13)10-14-12-6-2-3-7-12;3-1(4)2(5)6/h4-5,8-9,12,14H,2-3,6-7,10H2,1H3;(H,3,4)(H,5,6). The molecule has 1 saturated carbocycles. The summed E-state index contributed by atoms with van der Waals surface area (Å²) in [6, 6.07) is 9.01. The van der Waals surface area contributed by atoms with Gasteiger partial charge in [0.1, 0.15) is 5.75 Å². The summed E-state index contributed by atoms with van der Waals surface area (Å²) in [6.45, 7) is 0.960. The Kier molecular flexibility index (Phi) is 7.25. The van der Waals surface area contributed by atoms with E-state index in [2.05, 4.69) is 17.4 Å². The number of hydrogen-bond donors (Lipinski definition) is 3. The fourth-order valence-corrected chi connectivity index (χ4v) is 2.17. The maximum Gasteiger partial charge on any atom is 0.414 e. The van der Waals surface area contributed by atoms with Crippen molar-refractivity contribution in [1.29, 1.82) is 0 Å². The Labute approximate surface area is 123 Å². The number of rotatable bonds is 4. The highest BCUT2D eigenvalue weighted by atomic mass is 16.5. The third-order valence-electron chi connectivity index (χ3n) is 3.27. The van der Waals surface area contributed by atoms with E-state index >= 15 is 0 Å². The number of carboxylic acid groups (broad SMARTS) is 2. The third kappa shape index (κ3) is 6.76. The first-order valence-electron chi connectivity index (χ1n) is 6.85. The molecule has 0 atom stereocenters. The summed E-state index contributed by atoms with van der Waals surface area (Å²) < 4.78 is 5.20. The summed E-state index contributed by atoms with van der Waals surface area (Å²) in [6.07, 6.45) is 5.44. The van der Waals surface area contributed by atoms with Gasteiger partial charge in [-0.1, -0.05) is 25.0 Å². The molecule has 6 nitrogen and oxygen atoms in total. The van der Waals surface area contributed by atoms with Gasteiger partial charge in [0, 0.05) is 12.6 Å². The van der Waals surface area contributed by atoms with Crippen molar-refractivity contribution < 1.29 is 24.5 Å². The van der Waals surface area contributed by atoms with Crippen molar-refractivity contribution in [3.63, 3.8) is 0 Å². The fraction of sp³-hybridized carbons (Fsp3) is 0.467. The van der Waals surface area contributed by atoms with Crippen LogP contribution in [0.2, 0.25) is 0 Å². The number of carboxylic acids is 2. The molecule has 0 aromatic heterocycles. The van der Waals surface area contributed by atoms with E-state index in [1.165, 1.54) is 31.2 Å². The van der Waals surface area contributed by atoms with Crippen molar-refractivity contribution in [2.24, 2.45) is 0 Å². The average Bonchev–Trinajstić information content (AvgIpc) is 2.99. The SMILES string of the molecule is COc1cccc(CNC2CCCC2)c1.O=C(O)C(=O)O. The van der Waals surface area contributed by atoms with Crippen LogP contribution in [0, 0.1) is 0 Å². The van der Waals surface area contributed by atoms with E-state index in [1.54, 1.807) is 7.11 Å². The lowest BCUT2D eigenvalue weighted by atomic mass is 10.2. The number of methoxy groups -OCH3 is 1. The number of carbonyl (C=O) groups is 2. The lowest BCUT2D eigenvalue weighted by Crippen LogP contribution is -2.25. The van der Waals surface area contributed by atoms with E-state index in [4.69, 9.17) is 24.5 Å². The summed E-state index contributed by atoms with van der Waals surface area (Å²) in [5, 5.41) is 18.4. The monoisotopic (exact) mass is 295 g/mol. The lowest BCUT2D eigenvalue weighted by molar-refractivity contribution is -0.159. The molecule has 0 bridgehead atoms. The molecule has 2 rings (SSSR count). The molecule has 0 spiro atoms. The van der Waals surface area contributed by atoms with Crippen LogP contribution < -0.4 is 10.1 Å². The Hall–Kier alpha value is -2.08. The largest absolute Gasteiger partial charge is 0.497 e. The van der Waals surface area contributed by atoms with E-state index in [0.29, 0.717) is 0 Å². The zero-order chi connectivity index (χ0) is 15.7. The van der Waals surface area contributed by atoms with Crippen molar-refractivity contribution in [2.45, 2.75) is 38.3 Å². The summed E-state index contributed by atoms with van der Waals surface area (Å²) in [5.41, 5.74) is 1.31. The van der Waals surface area contributed by atoms with Gasteiger partial charge in [-0.2, -0.15) is 0 Å². The predicted molar refractivity (Wildman–Crippen MR) is 77.4 cm³/mol. The van der Waals surface area contributed by atoms with Crippen LogP contribution >= 0.6 is 0 Å². The molecule has 0 unspecified atom stereocenters. The van der Waals surface area contributed by atoms with Crippen LogP contribution in [-0.4, -0.2) is 35.3 Å². The van der Waals surface area contributed by atoms with Gasteiger partial charge in [-0.15, -0.1) is 0 Å². The zero-order valence-electron chi connectivity index (χ0n) is 12.0. The van der Waals surface area contributed by atoms with E-state index in [9.17, 15) is 0 Å². The van der Waals surface area contributed by atoms with Crippen LogP contribution in [0.25, 0.3) is 0 Å². The van der Waals surface area contributed by atoms with Gasteiger partial charge in [-0.25, -0.2) is 9.59 Å². The molecule has 1 aliphatic rings. The first-order valence-corrected chi connectivity index (χ1v) is 6.85. The van der Waals surface area contributed by atoms with E-state index in [0.717, 1.165) is 18.3 Å². The summed E-state index contributed by atoms with van der Waals surface area (Å²) >= 11 is 0.